The Morgan fingerprint density at radius 2 is 1.39 bits per heavy atom. The van der Waals surface area contributed by atoms with Crippen molar-refractivity contribution in [1.29, 1.82) is 0 Å². The highest BCUT2D eigenvalue weighted by atomic mass is 16.4. The molecule has 0 amide bonds. The van der Waals surface area contributed by atoms with Crippen molar-refractivity contribution >= 4 is 5.97 Å². The Bertz CT molecular complexity index is 511. The minimum atomic E-state index is -0.820. The lowest BCUT2D eigenvalue weighted by Crippen LogP contribution is -2.26. The van der Waals surface area contributed by atoms with E-state index in [0.29, 0.717) is 5.57 Å². The molecule has 1 aromatic rings. The summed E-state index contributed by atoms with van der Waals surface area (Å²) >= 11 is 0. The number of benzene rings is 1. The zero-order chi connectivity index (χ0) is 13.7. The lowest BCUT2D eigenvalue weighted by Gasteiger charge is -2.30. The van der Waals surface area contributed by atoms with Crippen molar-refractivity contribution in [2.75, 3.05) is 0 Å². The molecular formula is C16H20O2. The Balaban J connectivity index is 2.82. The highest BCUT2D eigenvalue weighted by Gasteiger charge is 2.47. The second-order valence-electron chi connectivity index (χ2n) is 6.10. The molecule has 0 spiro atoms. The maximum atomic E-state index is 11.4. The Morgan fingerprint density at radius 1 is 1.00 bits per heavy atom. The zero-order valence-electron chi connectivity index (χ0n) is 11.7. The Kier molecular flexibility index (Phi) is 2.65. The summed E-state index contributed by atoms with van der Waals surface area (Å²) < 4.78 is 0. The van der Waals surface area contributed by atoms with Crippen LogP contribution in [-0.2, 0) is 15.6 Å². The largest absolute Gasteiger partial charge is 0.478 e. The van der Waals surface area contributed by atoms with Crippen LogP contribution in [-0.4, -0.2) is 11.1 Å². The van der Waals surface area contributed by atoms with E-state index in [2.05, 4.69) is 39.8 Å². The van der Waals surface area contributed by atoms with E-state index in [0.717, 1.165) is 5.57 Å². The van der Waals surface area contributed by atoms with E-state index in [9.17, 15) is 9.90 Å². The van der Waals surface area contributed by atoms with Gasteiger partial charge in [0.1, 0.15) is 0 Å². The average molecular weight is 244 g/mol. The second kappa shape index (κ2) is 3.71. The van der Waals surface area contributed by atoms with Crippen LogP contribution in [0.2, 0.25) is 0 Å². The number of carbonyl (C=O) groups is 1. The lowest BCUT2D eigenvalue weighted by molar-refractivity contribution is -0.132. The second-order valence-corrected chi connectivity index (χ2v) is 6.10. The molecular weight excluding hydrogens is 224 g/mol. The van der Waals surface area contributed by atoms with Crippen LogP contribution in [0, 0.1) is 0 Å². The van der Waals surface area contributed by atoms with Crippen LogP contribution < -0.4 is 0 Å². The van der Waals surface area contributed by atoms with E-state index in [4.69, 9.17) is 0 Å². The highest BCUT2D eigenvalue weighted by Crippen LogP contribution is 2.54. The van der Waals surface area contributed by atoms with Crippen LogP contribution in [0.3, 0.4) is 0 Å². The normalized spacial score (nSPS) is 19.5. The summed E-state index contributed by atoms with van der Waals surface area (Å²) in [5.41, 5.74) is 3.53. The molecule has 0 atom stereocenters. The summed E-state index contributed by atoms with van der Waals surface area (Å²) in [6, 6.07) is 8.27. The number of aliphatic carboxylic acids is 1. The van der Waals surface area contributed by atoms with Crippen LogP contribution in [0.1, 0.15) is 45.7 Å². The van der Waals surface area contributed by atoms with Gasteiger partial charge in [0, 0.05) is 16.4 Å². The Labute approximate surface area is 108 Å². The van der Waals surface area contributed by atoms with Crippen molar-refractivity contribution in [3.63, 3.8) is 0 Å². The Hall–Kier alpha value is -1.57. The van der Waals surface area contributed by atoms with Gasteiger partial charge >= 0.3 is 5.97 Å². The number of hydrogen-bond donors (Lipinski definition) is 1. The number of carboxylic acids is 1. The van der Waals surface area contributed by atoms with Crippen molar-refractivity contribution in [3.8, 4) is 0 Å². The molecule has 0 heterocycles. The van der Waals surface area contributed by atoms with E-state index < -0.39 is 5.97 Å². The number of fused-ring (bicyclic) bond motifs is 1. The van der Waals surface area contributed by atoms with Gasteiger partial charge in [0.25, 0.3) is 0 Å². The average Bonchev–Trinajstić information content (AvgIpc) is 2.43. The van der Waals surface area contributed by atoms with Crippen molar-refractivity contribution in [3.05, 3.63) is 46.5 Å². The predicted octanol–water partition coefficient (Wildman–Crippen LogP) is 3.66. The molecule has 0 fully saturated rings. The molecule has 0 unspecified atom stereocenters. The summed E-state index contributed by atoms with van der Waals surface area (Å²) in [5.74, 6) is -0.820. The molecule has 0 aliphatic heterocycles. The van der Waals surface area contributed by atoms with Gasteiger partial charge in [0.05, 0.1) is 0 Å². The molecule has 2 nitrogen and oxygen atoms in total. The fourth-order valence-electron chi connectivity index (χ4n) is 3.67. The first-order valence-electron chi connectivity index (χ1n) is 6.26. The van der Waals surface area contributed by atoms with E-state index in [-0.39, 0.29) is 10.8 Å². The van der Waals surface area contributed by atoms with Gasteiger partial charge < -0.3 is 5.11 Å². The quantitative estimate of drug-likeness (QED) is 0.765. The van der Waals surface area contributed by atoms with Gasteiger partial charge in [-0.05, 0) is 23.6 Å². The molecule has 0 aromatic heterocycles. The minimum absolute atomic E-state index is 0.220. The van der Waals surface area contributed by atoms with Crippen molar-refractivity contribution in [2.45, 2.75) is 45.4 Å². The van der Waals surface area contributed by atoms with Crippen LogP contribution in [0.5, 0.6) is 0 Å². The fraction of sp³-hybridized carbons (Fsp3) is 0.438. The van der Waals surface area contributed by atoms with E-state index in [1.807, 2.05) is 12.1 Å². The number of allylic oxidation sites excluding steroid dienone is 1. The molecule has 1 aromatic carbocycles. The zero-order valence-corrected chi connectivity index (χ0v) is 11.7. The first-order valence-corrected chi connectivity index (χ1v) is 6.26. The van der Waals surface area contributed by atoms with Gasteiger partial charge in [-0.15, -0.1) is 0 Å². The third kappa shape index (κ3) is 1.52. The maximum absolute atomic E-state index is 11.4. The van der Waals surface area contributed by atoms with Crippen LogP contribution in [0.4, 0.5) is 0 Å². The van der Waals surface area contributed by atoms with E-state index >= 15 is 0 Å². The third-order valence-electron chi connectivity index (χ3n) is 4.22. The number of rotatable bonds is 1. The standard InChI is InChI=1S/C16H20O2/c1-10(14(17)18)13-15(2,3)11-8-6-7-9-12(11)16(13,4)5/h6-9H,1-5H3,(H,17,18). The summed E-state index contributed by atoms with van der Waals surface area (Å²) in [4.78, 5) is 11.4. The molecule has 0 radical (unpaired) electrons. The molecule has 0 bridgehead atoms. The topological polar surface area (TPSA) is 37.3 Å². The van der Waals surface area contributed by atoms with Gasteiger partial charge in [-0.1, -0.05) is 52.0 Å². The molecule has 96 valence electrons. The minimum Gasteiger partial charge on any atom is -0.478 e. The van der Waals surface area contributed by atoms with Gasteiger partial charge in [-0.2, -0.15) is 0 Å². The molecule has 0 saturated carbocycles. The molecule has 18 heavy (non-hydrogen) atoms. The van der Waals surface area contributed by atoms with Crippen LogP contribution in [0.15, 0.2) is 35.4 Å². The molecule has 1 aliphatic rings. The molecule has 2 rings (SSSR count). The predicted molar refractivity (Wildman–Crippen MR) is 72.8 cm³/mol. The summed E-state index contributed by atoms with van der Waals surface area (Å²) in [6.45, 7) is 10.2. The summed E-state index contributed by atoms with van der Waals surface area (Å²) in [5, 5.41) is 9.33. The molecule has 0 saturated heterocycles. The van der Waals surface area contributed by atoms with Crippen molar-refractivity contribution in [1.82, 2.24) is 0 Å². The SMILES string of the molecule is CC(C(=O)O)=C1C(C)(C)c2ccccc2C1(C)C. The summed E-state index contributed by atoms with van der Waals surface area (Å²) in [7, 11) is 0. The van der Waals surface area contributed by atoms with Gasteiger partial charge in [0.15, 0.2) is 0 Å². The van der Waals surface area contributed by atoms with E-state index in [1.54, 1.807) is 6.92 Å². The van der Waals surface area contributed by atoms with Crippen LogP contribution in [0.25, 0.3) is 0 Å². The first kappa shape index (κ1) is 12.9. The Morgan fingerprint density at radius 3 is 1.72 bits per heavy atom. The van der Waals surface area contributed by atoms with Crippen LogP contribution >= 0.6 is 0 Å². The van der Waals surface area contributed by atoms with Crippen molar-refractivity contribution in [2.24, 2.45) is 0 Å². The molecule has 2 heteroatoms. The lowest BCUT2D eigenvalue weighted by atomic mass is 9.73. The molecule has 1 aliphatic carbocycles. The number of hydrogen-bond acceptors (Lipinski definition) is 1. The summed E-state index contributed by atoms with van der Waals surface area (Å²) in [6.07, 6.45) is 0. The molecule has 1 N–H and O–H groups in total. The smallest absolute Gasteiger partial charge is 0.331 e. The third-order valence-corrected chi connectivity index (χ3v) is 4.22. The van der Waals surface area contributed by atoms with Crippen molar-refractivity contribution < 1.29 is 9.90 Å². The van der Waals surface area contributed by atoms with E-state index in [1.165, 1.54) is 11.1 Å². The monoisotopic (exact) mass is 244 g/mol. The first-order chi connectivity index (χ1) is 8.20. The number of carboxylic acid groups (broad SMARTS) is 1. The fourth-order valence-corrected chi connectivity index (χ4v) is 3.67. The van der Waals surface area contributed by atoms with Gasteiger partial charge in [0.2, 0.25) is 0 Å². The highest BCUT2D eigenvalue weighted by molar-refractivity contribution is 5.88. The van der Waals surface area contributed by atoms with Gasteiger partial charge in [-0.3, -0.25) is 0 Å². The maximum Gasteiger partial charge on any atom is 0.331 e. The van der Waals surface area contributed by atoms with Gasteiger partial charge in [-0.25, -0.2) is 4.79 Å².